The largest absolute Gasteiger partial charge is 0.327 e. The standard InChI is InChI=1S/C15H29N.C9H12.C9H14.C4H8/c1-6-15(7-2,13(3)4)11-9-8-10-14(5)12-16;1-3-9-6-4-8(2)5-7-9;1-3-9-7-5-4-6-8(9)2;1-4(2)3/h3,5-12,16H2,1-2,4H3;4-7H,3H2,1-2H3;5,7H,3-4,6H2,1-2H3;1H2,2-3H3. The fraction of sp³-hybridized carbons (Fsp3) is 0.568. The third-order valence-electron chi connectivity index (χ3n) is 7.45. The van der Waals surface area contributed by atoms with Crippen LogP contribution in [0.15, 0.2) is 84.0 Å². The van der Waals surface area contributed by atoms with Crippen molar-refractivity contribution in [2.45, 2.75) is 127 Å². The lowest BCUT2D eigenvalue weighted by Gasteiger charge is -2.32. The predicted octanol–water partition coefficient (Wildman–Crippen LogP) is 11.6. The number of benzene rings is 1. The lowest BCUT2D eigenvalue weighted by Crippen LogP contribution is -2.19. The molecule has 0 fully saturated rings. The number of nitrogens with two attached hydrogens (primary N) is 1. The summed E-state index contributed by atoms with van der Waals surface area (Å²) in [6.07, 6.45) is 16.6. The Balaban J connectivity index is 0. The Morgan fingerprint density at radius 3 is 1.79 bits per heavy atom. The number of unbranched alkanes of at least 4 members (excludes halogenated alkanes) is 1. The summed E-state index contributed by atoms with van der Waals surface area (Å²) in [4.78, 5) is 0. The maximum absolute atomic E-state index is 5.53. The fourth-order valence-corrected chi connectivity index (χ4v) is 4.43. The van der Waals surface area contributed by atoms with E-state index in [1.54, 1.807) is 11.1 Å². The third kappa shape index (κ3) is 18.2. The molecule has 0 heterocycles. The minimum Gasteiger partial charge on any atom is -0.327 e. The predicted molar refractivity (Wildman–Crippen MR) is 177 cm³/mol. The molecule has 0 radical (unpaired) electrons. The maximum atomic E-state index is 5.53. The van der Waals surface area contributed by atoms with Crippen molar-refractivity contribution < 1.29 is 0 Å². The first-order chi connectivity index (χ1) is 17.9. The number of rotatable bonds is 11. The highest BCUT2D eigenvalue weighted by Crippen LogP contribution is 2.39. The minimum atomic E-state index is 0.365. The molecule has 0 amide bonds. The molecule has 1 aliphatic rings. The van der Waals surface area contributed by atoms with Crippen molar-refractivity contribution in [3.63, 3.8) is 0 Å². The molecule has 2 rings (SSSR count). The number of hydrogen-bond acceptors (Lipinski definition) is 1. The molecule has 0 bridgehead atoms. The van der Waals surface area contributed by atoms with Crippen LogP contribution in [-0.4, -0.2) is 6.54 Å². The van der Waals surface area contributed by atoms with Crippen molar-refractivity contribution in [2.24, 2.45) is 11.1 Å². The Labute approximate surface area is 239 Å². The van der Waals surface area contributed by atoms with Crippen LogP contribution in [0.5, 0.6) is 0 Å². The van der Waals surface area contributed by atoms with Crippen LogP contribution in [0.2, 0.25) is 0 Å². The Morgan fingerprint density at radius 2 is 1.42 bits per heavy atom. The lowest BCUT2D eigenvalue weighted by atomic mass is 9.73. The van der Waals surface area contributed by atoms with Gasteiger partial charge in [-0.2, -0.15) is 0 Å². The average Bonchev–Trinajstić information content (AvgIpc) is 2.90. The van der Waals surface area contributed by atoms with Crippen LogP contribution in [0.3, 0.4) is 0 Å². The second-order valence-electron chi connectivity index (χ2n) is 11.1. The molecule has 0 unspecified atom stereocenters. The highest BCUT2D eigenvalue weighted by atomic mass is 14.5. The van der Waals surface area contributed by atoms with Gasteiger partial charge < -0.3 is 5.73 Å². The van der Waals surface area contributed by atoms with Gasteiger partial charge >= 0.3 is 0 Å². The molecule has 2 N–H and O–H groups in total. The highest BCUT2D eigenvalue weighted by molar-refractivity contribution is 5.27. The molecule has 0 aliphatic heterocycles. The highest BCUT2D eigenvalue weighted by Gasteiger charge is 2.25. The van der Waals surface area contributed by atoms with Crippen LogP contribution in [-0.2, 0) is 6.42 Å². The first-order valence-electron chi connectivity index (χ1n) is 15.0. The molecule has 1 nitrogen and oxygen atoms in total. The monoisotopic (exact) mass is 521 g/mol. The van der Waals surface area contributed by atoms with Crippen molar-refractivity contribution in [3.8, 4) is 0 Å². The summed E-state index contributed by atoms with van der Waals surface area (Å²) in [5.41, 5.74) is 15.5. The number of aryl methyl sites for hydroxylation is 2. The molecular formula is C37H63N. The quantitative estimate of drug-likeness (QED) is 0.227. The SMILES string of the molecule is C=C(C)C.C=C(CN)CCCCC(CC)(CC)C(=C)C.CCC1=C(C)CCC=C1.CCc1ccc(C)cc1. The molecule has 0 atom stereocenters. The van der Waals surface area contributed by atoms with Gasteiger partial charge in [-0.15, -0.1) is 6.58 Å². The summed E-state index contributed by atoms with van der Waals surface area (Å²) in [7, 11) is 0. The molecule has 1 aromatic carbocycles. The van der Waals surface area contributed by atoms with E-state index in [0.29, 0.717) is 12.0 Å². The van der Waals surface area contributed by atoms with E-state index in [0.717, 1.165) is 12.8 Å². The summed E-state index contributed by atoms with van der Waals surface area (Å²) in [6.45, 7) is 31.7. The van der Waals surface area contributed by atoms with Gasteiger partial charge in [0.05, 0.1) is 0 Å². The van der Waals surface area contributed by atoms with Crippen molar-refractivity contribution in [1.82, 2.24) is 0 Å². The maximum Gasteiger partial charge on any atom is 0.0134 e. The molecule has 0 saturated heterocycles. The third-order valence-corrected chi connectivity index (χ3v) is 7.45. The Bertz CT molecular complexity index is 839. The zero-order valence-electron chi connectivity index (χ0n) is 26.9. The molecule has 1 aromatic rings. The molecule has 0 spiro atoms. The topological polar surface area (TPSA) is 26.0 Å². The van der Waals surface area contributed by atoms with Crippen molar-refractivity contribution in [3.05, 3.63) is 95.1 Å². The van der Waals surface area contributed by atoms with Crippen LogP contribution >= 0.6 is 0 Å². The van der Waals surface area contributed by atoms with E-state index in [-0.39, 0.29) is 0 Å². The Kier molecular flexibility index (Phi) is 22.8. The first kappa shape index (κ1) is 38.0. The first-order valence-corrected chi connectivity index (χ1v) is 15.0. The molecule has 38 heavy (non-hydrogen) atoms. The summed E-state index contributed by atoms with van der Waals surface area (Å²) < 4.78 is 0. The summed E-state index contributed by atoms with van der Waals surface area (Å²) >= 11 is 0. The molecule has 1 heteroatoms. The van der Waals surface area contributed by atoms with Gasteiger partial charge in [-0.25, -0.2) is 0 Å². The molecule has 0 saturated carbocycles. The van der Waals surface area contributed by atoms with Crippen molar-refractivity contribution in [2.75, 3.05) is 6.54 Å². The van der Waals surface area contributed by atoms with Gasteiger partial charge in [0, 0.05) is 6.54 Å². The smallest absolute Gasteiger partial charge is 0.0134 e. The van der Waals surface area contributed by atoms with Gasteiger partial charge in [0.25, 0.3) is 0 Å². The van der Waals surface area contributed by atoms with Crippen LogP contribution in [0.25, 0.3) is 0 Å². The van der Waals surface area contributed by atoms with E-state index >= 15 is 0 Å². The Hall–Kier alpha value is -2.12. The van der Waals surface area contributed by atoms with Gasteiger partial charge in [-0.3, -0.25) is 0 Å². The molecule has 1 aliphatic carbocycles. The minimum absolute atomic E-state index is 0.365. The summed E-state index contributed by atoms with van der Waals surface area (Å²) in [5, 5.41) is 0. The number of allylic oxidation sites excluding steroid dienone is 6. The van der Waals surface area contributed by atoms with Gasteiger partial charge in [0.1, 0.15) is 0 Å². The van der Waals surface area contributed by atoms with E-state index in [2.05, 4.69) is 105 Å². The van der Waals surface area contributed by atoms with Crippen LogP contribution in [0.4, 0.5) is 0 Å². The van der Waals surface area contributed by atoms with Crippen LogP contribution in [0, 0.1) is 12.3 Å². The van der Waals surface area contributed by atoms with Crippen LogP contribution < -0.4 is 5.73 Å². The van der Waals surface area contributed by atoms with Gasteiger partial charge in [0.2, 0.25) is 0 Å². The van der Waals surface area contributed by atoms with Crippen molar-refractivity contribution in [1.29, 1.82) is 0 Å². The summed E-state index contributed by atoms with van der Waals surface area (Å²) in [5.74, 6) is 0. The summed E-state index contributed by atoms with van der Waals surface area (Å²) in [6, 6.07) is 8.66. The second-order valence-corrected chi connectivity index (χ2v) is 11.1. The van der Waals surface area contributed by atoms with Gasteiger partial charge in [-0.05, 0) is 109 Å². The van der Waals surface area contributed by atoms with Gasteiger partial charge in [0.15, 0.2) is 0 Å². The number of hydrogen-bond donors (Lipinski definition) is 1. The average molecular weight is 522 g/mol. The molecule has 0 aromatic heterocycles. The zero-order valence-corrected chi connectivity index (χ0v) is 26.9. The fourth-order valence-electron chi connectivity index (χ4n) is 4.43. The second kappa shape index (κ2) is 22.8. The molecule has 216 valence electrons. The van der Waals surface area contributed by atoms with E-state index in [9.17, 15) is 0 Å². The molecular weight excluding hydrogens is 458 g/mol. The normalized spacial score (nSPS) is 12.3. The van der Waals surface area contributed by atoms with E-state index < -0.39 is 0 Å². The van der Waals surface area contributed by atoms with Crippen molar-refractivity contribution >= 4 is 0 Å². The zero-order chi connectivity index (χ0) is 29.6. The van der Waals surface area contributed by atoms with E-state index in [4.69, 9.17) is 5.73 Å². The van der Waals surface area contributed by atoms with Gasteiger partial charge in [-0.1, -0.05) is 112 Å². The van der Waals surface area contributed by atoms with E-state index in [1.165, 1.54) is 79.2 Å². The van der Waals surface area contributed by atoms with Crippen LogP contribution in [0.1, 0.15) is 124 Å². The van der Waals surface area contributed by atoms with E-state index in [1.807, 2.05) is 13.8 Å². The Morgan fingerprint density at radius 1 is 0.868 bits per heavy atom. The lowest BCUT2D eigenvalue weighted by molar-refractivity contribution is 0.290.